The SMILES string of the molecule is CC(C)CN1CCOC(CN2CC(=O)NCC2C(=O)O)C1. The zero-order valence-electron chi connectivity index (χ0n) is 12.7. The van der Waals surface area contributed by atoms with E-state index in [1.165, 1.54) is 0 Å². The number of nitrogens with zero attached hydrogens (tertiary/aromatic N) is 2. The third-order valence-electron chi connectivity index (χ3n) is 3.85. The summed E-state index contributed by atoms with van der Waals surface area (Å²) in [7, 11) is 0. The molecule has 0 bridgehead atoms. The van der Waals surface area contributed by atoms with Gasteiger partial charge in [0.2, 0.25) is 5.91 Å². The molecule has 2 aliphatic rings. The van der Waals surface area contributed by atoms with Crippen LogP contribution in [0.15, 0.2) is 0 Å². The van der Waals surface area contributed by atoms with Crippen molar-refractivity contribution in [3.8, 4) is 0 Å². The van der Waals surface area contributed by atoms with E-state index >= 15 is 0 Å². The summed E-state index contributed by atoms with van der Waals surface area (Å²) in [5.41, 5.74) is 0. The molecule has 2 unspecified atom stereocenters. The number of aliphatic carboxylic acids is 1. The zero-order valence-corrected chi connectivity index (χ0v) is 12.7. The Morgan fingerprint density at radius 1 is 1.52 bits per heavy atom. The third-order valence-corrected chi connectivity index (χ3v) is 3.85. The number of carboxylic acids is 1. The van der Waals surface area contributed by atoms with E-state index in [1.54, 1.807) is 4.90 Å². The number of carboxylic acid groups (broad SMARTS) is 1. The number of piperazine rings is 1. The average Bonchev–Trinajstić information content (AvgIpc) is 2.38. The lowest BCUT2D eigenvalue weighted by Gasteiger charge is -2.39. The maximum atomic E-state index is 11.5. The average molecular weight is 299 g/mol. The summed E-state index contributed by atoms with van der Waals surface area (Å²) in [6.07, 6.45) is -0.0368. The van der Waals surface area contributed by atoms with Crippen molar-refractivity contribution < 1.29 is 19.4 Å². The van der Waals surface area contributed by atoms with Gasteiger partial charge >= 0.3 is 5.97 Å². The molecule has 21 heavy (non-hydrogen) atoms. The normalized spacial score (nSPS) is 28.6. The Labute approximate surface area is 125 Å². The lowest BCUT2D eigenvalue weighted by atomic mass is 10.1. The molecular weight excluding hydrogens is 274 g/mol. The van der Waals surface area contributed by atoms with E-state index in [0.717, 1.165) is 19.6 Å². The van der Waals surface area contributed by atoms with Crippen molar-refractivity contribution in [3.05, 3.63) is 0 Å². The predicted octanol–water partition coefficient (Wildman–Crippen LogP) is -0.772. The van der Waals surface area contributed by atoms with Crippen LogP contribution in [0.1, 0.15) is 13.8 Å². The molecule has 0 saturated carbocycles. The fraction of sp³-hybridized carbons (Fsp3) is 0.857. The van der Waals surface area contributed by atoms with Crippen molar-refractivity contribution in [3.63, 3.8) is 0 Å². The number of carbonyl (C=O) groups excluding carboxylic acids is 1. The number of rotatable bonds is 5. The van der Waals surface area contributed by atoms with Gasteiger partial charge < -0.3 is 15.2 Å². The number of nitrogens with one attached hydrogen (secondary N) is 1. The fourth-order valence-corrected chi connectivity index (χ4v) is 2.96. The van der Waals surface area contributed by atoms with E-state index in [2.05, 4.69) is 24.1 Å². The van der Waals surface area contributed by atoms with E-state index in [0.29, 0.717) is 19.1 Å². The molecule has 0 aliphatic carbocycles. The zero-order chi connectivity index (χ0) is 15.4. The first kappa shape index (κ1) is 16.2. The van der Waals surface area contributed by atoms with E-state index in [-0.39, 0.29) is 25.1 Å². The molecule has 2 N–H and O–H groups in total. The predicted molar refractivity (Wildman–Crippen MR) is 77.0 cm³/mol. The summed E-state index contributed by atoms with van der Waals surface area (Å²) in [4.78, 5) is 26.8. The molecule has 2 aliphatic heterocycles. The Morgan fingerprint density at radius 2 is 2.29 bits per heavy atom. The van der Waals surface area contributed by atoms with Gasteiger partial charge in [0.15, 0.2) is 0 Å². The van der Waals surface area contributed by atoms with Gasteiger partial charge in [-0.3, -0.25) is 19.4 Å². The minimum atomic E-state index is -0.898. The second kappa shape index (κ2) is 7.20. The number of ether oxygens (including phenoxy) is 1. The van der Waals surface area contributed by atoms with Crippen LogP contribution < -0.4 is 5.32 Å². The van der Waals surface area contributed by atoms with Gasteiger partial charge in [0.05, 0.1) is 19.3 Å². The van der Waals surface area contributed by atoms with Crippen LogP contribution in [0.5, 0.6) is 0 Å². The van der Waals surface area contributed by atoms with Crippen molar-refractivity contribution in [1.82, 2.24) is 15.1 Å². The molecule has 2 saturated heterocycles. The molecule has 1 amide bonds. The molecule has 120 valence electrons. The Morgan fingerprint density at radius 3 is 2.95 bits per heavy atom. The maximum absolute atomic E-state index is 11.5. The molecule has 0 aromatic heterocycles. The van der Waals surface area contributed by atoms with E-state index in [9.17, 15) is 14.7 Å². The summed E-state index contributed by atoms with van der Waals surface area (Å²) < 4.78 is 5.75. The molecule has 0 radical (unpaired) electrons. The standard InChI is InChI=1S/C14H25N3O4/c1-10(2)6-16-3-4-21-11(7-16)8-17-9-13(18)15-5-12(17)14(19)20/h10-12H,3-9H2,1-2H3,(H,15,18)(H,19,20). The largest absolute Gasteiger partial charge is 0.480 e. The molecular formula is C14H25N3O4. The first-order valence-electron chi connectivity index (χ1n) is 7.53. The van der Waals surface area contributed by atoms with Gasteiger partial charge in [0, 0.05) is 32.7 Å². The second-order valence-electron chi connectivity index (χ2n) is 6.23. The molecule has 7 nitrogen and oxygen atoms in total. The fourth-order valence-electron chi connectivity index (χ4n) is 2.96. The van der Waals surface area contributed by atoms with Crippen LogP contribution in [0.25, 0.3) is 0 Å². The summed E-state index contributed by atoms with van der Waals surface area (Å²) in [6, 6.07) is -0.660. The minimum absolute atomic E-state index is 0.0368. The molecule has 2 atom stereocenters. The molecule has 2 heterocycles. The topological polar surface area (TPSA) is 82.1 Å². The number of amides is 1. The highest BCUT2D eigenvalue weighted by Gasteiger charge is 2.34. The second-order valence-corrected chi connectivity index (χ2v) is 6.23. The van der Waals surface area contributed by atoms with Crippen molar-refractivity contribution in [1.29, 1.82) is 0 Å². The molecule has 2 rings (SSSR count). The monoisotopic (exact) mass is 299 g/mol. The summed E-state index contributed by atoms with van der Waals surface area (Å²) in [5, 5.41) is 11.9. The molecule has 0 aromatic carbocycles. The molecule has 0 spiro atoms. The van der Waals surface area contributed by atoms with Gasteiger partial charge in [0.25, 0.3) is 0 Å². The minimum Gasteiger partial charge on any atom is -0.480 e. The smallest absolute Gasteiger partial charge is 0.322 e. The van der Waals surface area contributed by atoms with Gasteiger partial charge in [-0.05, 0) is 5.92 Å². The first-order valence-corrected chi connectivity index (χ1v) is 7.53. The lowest BCUT2D eigenvalue weighted by Crippen LogP contribution is -2.60. The Hall–Kier alpha value is -1.18. The summed E-state index contributed by atoms with van der Waals surface area (Å²) in [5.74, 6) is -0.427. The Balaban J connectivity index is 1.91. The quantitative estimate of drug-likeness (QED) is 0.694. The number of hydrogen-bond donors (Lipinski definition) is 2. The highest BCUT2D eigenvalue weighted by Crippen LogP contribution is 2.12. The van der Waals surface area contributed by atoms with Crippen molar-refractivity contribution in [2.45, 2.75) is 26.0 Å². The number of hydrogen-bond acceptors (Lipinski definition) is 5. The molecule has 0 aromatic rings. The van der Waals surface area contributed by atoms with E-state index in [4.69, 9.17) is 4.74 Å². The van der Waals surface area contributed by atoms with Crippen LogP contribution in [0.4, 0.5) is 0 Å². The van der Waals surface area contributed by atoms with Gasteiger partial charge in [-0.25, -0.2) is 0 Å². The molecule has 2 fully saturated rings. The van der Waals surface area contributed by atoms with Crippen LogP contribution in [0, 0.1) is 5.92 Å². The van der Waals surface area contributed by atoms with Gasteiger partial charge in [0.1, 0.15) is 6.04 Å². The maximum Gasteiger partial charge on any atom is 0.322 e. The van der Waals surface area contributed by atoms with Gasteiger partial charge in [-0.1, -0.05) is 13.8 Å². The highest BCUT2D eigenvalue weighted by molar-refractivity contribution is 5.83. The van der Waals surface area contributed by atoms with E-state index < -0.39 is 12.0 Å². The highest BCUT2D eigenvalue weighted by atomic mass is 16.5. The van der Waals surface area contributed by atoms with Crippen LogP contribution in [0.2, 0.25) is 0 Å². The third kappa shape index (κ3) is 4.66. The lowest BCUT2D eigenvalue weighted by molar-refractivity contribution is -0.147. The van der Waals surface area contributed by atoms with Crippen molar-refractivity contribution >= 4 is 11.9 Å². The van der Waals surface area contributed by atoms with Crippen LogP contribution >= 0.6 is 0 Å². The van der Waals surface area contributed by atoms with E-state index in [1.807, 2.05) is 0 Å². The number of morpholine rings is 1. The van der Waals surface area contributed by atoms with Gasteiger partial charge in [-0.15, -0.1) is 0 Å². The van der Waals surface area contributed by atoms with Crippen molar-refractivity contribution in [2.24, 2.45) is 5.92 Å². The summed E-state index contributed by atoms with van der Waals surface area (Å²) in [6.45, 7) is 8.52. The number of carbonyl (C=O) groups is 2. The summed E-state index contributed by atoms with van der Waals surface area (Å²) >= 11 is 0. The van der Waals surface area contributed by atoms with Gasteiger partial charge in [-0.2, -0.15) is 0 Å². The van der Waals surface area contributed by atoms with Crippen molar-refractivity contribution in [2.75, 3.05) is 45.9 Å². The van der Waals surface area contributed by atoms with Crippen LogP contribution in [0.3, 0.4) is 0 Å². The molecule has 7 heteroatoms. The van der Waals surface area contributed by atoms with Crippen LogP contribution in [-0.2, 0) is 14.3 Å². The Bertz CT molecular complexity index is 388. The first-order chi connectivity index (χ1) is 9.95. The Kier molecular flexibility index (Phi) is 5.55. The van der Waals surface area contributed by atoms with Crippen LogP contribution in [-0.4, -0.2) is 84.8 Å².